The second-order valence-electron chi connectivity index (χ2n) is 5.13. The van der Waals surface area contributed by atoms with Crippen molar-refractivity contribution in [1.82, 2.24) is 15.5 Å². The fourth-order valence-electron chi connectivity index (χ4n) is 2.55. The molecule has 2 heterocycles. The van der Waals surface area contributed by atoms with Gasteiger partial charge in [0.15, 0.2) is 0 Å². The summed E-state index contributed by atoms with van der Waals surface area (Å²) in [6.45, 7) is 4.14. The van der Waals surface area contributed by atoms with Crippen molar-refractivity contribution in [3.63, 3.8) is 0 Å². The van der Waals surface area contributed by atoms with Gasteiger partial charge in [-0.1, -0.05) is 0 Å². The highest BCUT2D eigenvalue weighted by Gasteiger charge is 2.24. The second-order valence-corrected chi connectivity index (χ2v) is 5.13. The number of likely N-dealkylation sites (tertiary alicyclic amines) is 1. The second kappa shape index (κ2) is 5.64. The first-order valence-electron chi connectivity index (χ1n) is 6.45. The number of nitrogens with zero attached hydrogens (tertiary/aromatic N) is 1. The molecule has 92 valence electrons. The van der Waals surface area contributed by atoms with E-state index in [9.17, 15) is 4.79 Å². The van der Waals surface area contributed by atoms with Gasteiger partial charge in [-0.25, -0.2) is 0 Å². The molecule has 1 unspecified atom stereocenters. The van der Waals surface area contributed by atoms with Crippen LogP contribution in [0, 0.1) is 5.92 Å². The molecule has 16 heavy (non-hydrogen) atoms. The number of carbonyl (C=O) groups excluding carboxylic acids is 1. The van der Waals surface area contributed by atoms with Crippen molar-refractivity contribution in [2.75, 3.05) is 33.2 Å². The molecule has 4 heteroatoms. The van der Waals surface area contributed by atoms with Gasteiger partial charge in [-0.3, -0.25) is 4.79 Å². The lowest BCUT2D eigenvalue weighted by Crippen LogP contribution is -2.48. The molecule has 0 aromatic rings. The van der Waals surface area contributed by atoms with Crippen molar-refractivity contribution in [3.05, 3.63) is 0 Å². The zero-order chi connectivity index (χ0) is 11.4. The van der Waals surface area contributed by atoms with Crippen LogP contribution in [0.4, 0.5) is 0 Å². The maximum atomic E-state index is 12.0. The number of hydrogen-bond donors (Lipinski definition) is 2. The van der Waals surface area contributed by atoms with Crippen LogP contribution in [0.25, 0.3) is 0 Å². The Bertz CT molecular complexity index is 230. The summed E-state index contributed by atoms with van der Waals surface area (Å²) in [5.41, 5.74) is 0. The van der Waals surface area contributed by atoms with E-state index in [1.165, 1.54) is 0 Å². The summed E-state index contributed by atoms with van der Waals surface area (Å²) in [6, 6.07) is 0.408. The number of hydrogen-bond acceptors (Lipinski definition) is 3. The smallest absolute Gasteiger partial charge is 0.224 e. The van der Waals surface area contributed by atoms with Crippen molar-refractivity contribution in [2.24, 2.45) is 5.92 Å². The number of piperidine rings is 2. The molecule has 0 aliphatic carbocycles. The van der Waals surface area contributed by atoms with Crippen LogP contribution in [0.3, 0.4) is 0 Å². The zero-order valence-electron chi connectivity index (χ0n) is 10.2. The molecule has 2 fully saturated rings. The quantitative estimate of drug-likeness (QED) is 0.705. The first kappa shape index (κ1) is 11.9. The van der Waals surface area contributed by atoms with E-state index in [-0.39, 0.29) is 11.8 Å². The molecular weight excluding hydrogens is 202 g/mol. The van der Waals surface area contributed by atoms with Gasteiger partial charge in [-0.2, -0.15) is 0 Å². The SMILES string of the molecule is CN1CCC(NC(=O)C2CCCNC2)CC1. The molecule has 1 amide bonds. The topological polar surface area (TPSA) is 44.4 Å². The van der Waals surface area contributed by atoms with E-state index in [4.69, 9.17) is 0 Å². The van der Waals surface area contributed by atoms with E-state index in [1.54, 1.807) is 0 Å². The van der Waals surface area contributed by atoms with Gasteiger partial charge in [0.2, 0.25) is 5.91 Å². The molecule has 2 rings (SSSR count). The van der Waals surface area contributed by atoms with Crippen LogP contribution < -0.4 is 10.6 Å². The molecule has 0 aromatic heterocycles. The summed E-state index contributed by atoms with van der Waals surface area (Å²) in [4.78, 5) is 14.3. The van der Waals surface area contributed by atoms with Crippen LogP contribution in [0.15, 0.2) is 0 Å². The first-order chi connectivity index (χ1) is 7.75. The average Bonchev–Trinajstić information content (AvgIpc) is 2.33. The molecule has 2 saturated heterocycles. The van der Waals surface area contributed by atoms with E-state index in [1.807, 2.05) is 0 Å². The van der Waals surface area contributed by atoms with E-state index in [2.05, 4.69) is 22.6 Å². The Hall–Kier alpha value is -0.610. The van der Waals surface area contributed by atoms with E-state index >= 15 is 0 Å². The molecule has 4 nitrogen and oxygen atoms in total. The Morgan fingerprint density at radius 1 is 1.31 bits per heavy atom. The highest BCUT2D eigenvalue weighted by atomic mass is 16.2. The van der Waals surface area contributed by atoms with E-state index in [0.717, 1.165) is 51.9 Å². The Kier molecular flexibility index (Phi) is 4.18. The number of rotatable bonds is 2. The normalized spacial score (nSPS) is 28.9. The molecule has 2 N–H and O–H groups in total. The average molecular weight is 225 g/mol. The van der Waals surface area contributed by atoms with Crippen molar-refractivity contribution >= 4 is 5.91 Å². The predicted octanol–water partition coefficient (Wildman–Crippen LogP) is 0.196. The minimum Gasteiger partial charge on any atom is -0.353 e. The number of amides is 1. The Balaban J connectivity index is 1.73. The standard InChI is InChI=1S/C12H23N3O/c1-15-7-4-11(5-8-15)14-12(16)10-3-2-6-13-9-10/h10-11,13H,2-9H2,1H3,(H,14,16). The summed E-state index contributed by atoms with van der Waals surface area (Å²) in [6.07, 6.45) is 4.38. The molecule has 0 saturated carbocycles. The summed E-state index contributed by atoms with van der Waals surface area (Å²) >= 11 is 0. The van der Waals surface area contributed by atoms with Gasteiger partial charge in [-0.05, 0) is 52.4 Å². The summed E-state index contributed by atoms with van der Waals surface area (Å²) in [5.74, 6) is 0.468. The highest BCUT2D eigenvalue weighted by Crippen LogP contribution is 2.13. The van der Waals surface area contributed by atoms with Crippen LogP contribution in [0.5, 0.6) is 0 Å². The van der Waals surface area contributed by atoms with Crippen LogP contribution in [-0.4, -0.2) is 50.1 Å². The van der Waals surface area contributed by atoms with Gasteiger partial charge in [0.1, 0.15) is 0 Å². The highest BCUT2D eigenvalue weighted by molar-refractivity contribution is 5.79. The molecule has 1 atom stereocenters. The Morgan fingerprint density at radius 2 is 2.06 bits per heavy atom. The van der Waals surface area contributed by atoms with Crippen molar-refractivity contribution < 1.29 is 4.79 Å². The van der Waals surface area contributed by atoms with Gasteiger partial charge in [0.25, 0.3) is 0 Å². The minimum atomic E-state index is 0.202. The third kappa shape index (κ3) is 3.19. The number of nitrogens with one attached hydrogen (secondary N) is 2. The van der Waals surface area contributed by atoms with Gasteiger partial charge >= 0.3 is 0 Å². The fraction of sp³-hybridized carbons (Fsp3) is 0.917. The van der Waals surface area contributed by atoms with Crippen molar-refractivity contribution in [3.8, 4) is 0 Å². The Morgan fingerprint density at radius 3 is 2.69 bits per heavy atom. The summed E-state index contributed by atoms with van der Waals surface area (Å²) in [7, 11) is 2.14. The fourth-order valence-corrected chi connectivity index (χ4v) is 2.55. The minimum absolute atomic E-state index is 0.202. The first-order valence-corrected chi connectivity index (χ1v) is 6.45. The molecule has 2 aliphatic heterocycles. The van der Waals surface area contributed by atoms with Gasteiger partial charge in [0.05, 0.1) is 5.92 Å². The summed E-state index contributed by atoms with van der Waals surface area (Å²) < 4.78 is 0. The maximum Gasteiger partial charge on any atom is 0.224 e. The van der Waals surface area contributed by atoms with Gasteiger partial charge in [0, 0.05) is 12.6 Å². The van der Waals surface area contributed by atoms with Gasteiger partial charge in [-0.15, -0.1) is 0 Å². The van der Waals surface area contributed by atoms with Crippen LogP contribution >= 0.6 is 0 Å². The third-order valence-electron chi connectivity index (χ3n) is 3.73. The van der Waals surface area contributed by atoms with Crippen LogP contribution in [0.2, 0.25) is 0 Å². The lowest BCUT2D eigenvalue weighted by molar-refractivity contribution is -0.126. The van der Waals surface area contributed by atoms with Crippen molar-refractivity contribution in [2.45, 2.75) is 31.7 Å². The zero-order valence-corrected chi connectivity index (χ0v) is 10.2. The van der Waals surface area contributed by atoms with E-state index in [0.29, 0.717) is 6.04 Å². The molecule has 0 spiro atoms. The lowest BCUT2D eigenvalue weighted by atomic mass is 9.97. The van der Waals surface area contributed by atoms with Gasteiger partial charge < -0.3 is 15.5 Å². The largest absolute Gasteiger partial charge is 0.353 e. The number of carbonyl (C=O) groups is 1. The predicted molar refractivity (Wildman–Crippen MR) is 64.3 cm³/mol. The maximum absolute atomic E-state index is 12.0. The molecule has 2 aliphatic rings. The molecule has 0 aromatic carbocycles. The van der Waals surface area contributed by atoms with Crippen LogP contribution in [0.1, 0.15) is 25.7 Å². The van der Waals surface area contributed by atoms with Crippen molar-refractivity contribution in [1.29, 1.82) is 0 Å². The van der Waals surface area contributed by atoms with Crippen LogP contribution in [-0.2, 0) is 4.79 Å². The molecular formula is C12H23N3O. The summed E-state index contributed by atoms with van der Waals surface area (Å²) in [5, 5.41) is 6.49. The Labute approximate surface area is 97.8 Å². The molecule has 0 radical (unpaired) electrons. The molecule has 0 bridgehead atoms. The lowest BCUT2D eigenvalue weighted by Gasteiger charge is -2.31. The van der Waals surface area contributed by atoms with E-state index < -0.39 is 0 Å². The third-order valence-corrected chi connectivity index (χ3v) is 3.73. The monoisotopic (exact) mass is 225 g/mol.